The van der Waals surface area contributed by atoms with Gasteiger partial charge in [-0.25, -0.2) is 4.98 Å². The van der Waals surface area contributed by atoms with Crippen LogP contribution in [0.15, 0.2) is 47.7 Å². The summed E-state index contributed by atoms with van der Waals surface area (Å²) in [5.74, 6) is -0.591. The van der Waals surface area contributed by atoms with Gasteiger partial charge >= 0.3 is 6.36 Å². The predicted molar refractivity (Wildman–Crippen MR) is 96.0 cm³/mol. The minimum atomic E-state index is -4.75. The van der Waals surface area contributed by atoms with E-state index in [0.717, 1.165) is 4.57 Å². The maximum Gasteiger partial charge on any atom is 0.522 e. The van der Waals surface area contributed by atoms with E-state index in [1.54, 1.807) is 30.6 Å². The Morgan fingerprint density at radius 2 is 2.11 bits per heavy atom. The summed E-state index contributed by atoms with van der Waals surface area (Å²) in [5, 5.41) is 0.716. The van der Waals surface area contributed by atoms with Gasteiger partial charge in [-0.15, -0.1) is 13.2 Å². The van der Waals surface area contributed by atoms with Crippen LogP contribution in [0.2, 0.25) is 0 Å². The van der Waals surface area contributed by atoms with Crippen LogP contribution in [0.5, 0.6) is 0 Å². The van der Waals surface area contributed by atoms with Crippen LogP contribution in [0.3, 0.4) is 0 Å². The van der Waals surface area contributed by atoms with Gasteiger partial charge in [0.25, 0.3) is 5.56 Å². The number of carbonyl (C=O) groups excluding carboxylic acids is 1. The van der Waals surface area contributed by atoms with Gasteiger partial charge in [-0.3, -0.25) is 14.3 Å². The average molecular weight is 392 g/mol. The van der Waals surface area contributed by atoms with Crippen LogP contribution in [0.1, 0.15) is 5.56 Å². The maximum absolute atomic E-state index is 12.1. The van der Waals surface area contributed by atoms with Gasteiger partial charge in [0.2, 0.25) is 5.91 Å². The average Bonchev–Trinajstić information content (AvgIpc) is 3.02. The van der Waals surface area contributed by atoms with Gasteiger partial charge in [-0.2, -0.15) is 0 Å². The number of primary amides is 1. The number of hydrogen-bond acceptors (Lipinski definition) is 4. The molecule has 0 spiro atoms. The van der Waals surface area contributed by atoms with E-state index < -0.39 is 24.4 Å². The molecular weight excluding hydrogens is 377 g/mol. The molecule has 0 saturated heterocycles. The summed E-state index contributed by atoms with van der Waals surface area (Å²) in [5.41, 5.74) is 7.17. The highest BCUT2D eigenvalue weighted by molar-refractivity contribution is 5.95. The zero-order chi connectivity index (χ0) is 20.3. The van der Waals surface area contributed by atoms with Crippen LogP contribution in [-0.2, 0) is 16.1 Å². The fraction of sp³-hybridized carbons (Fsp3) is 0.167. The van der Waals surface area contributed by atoms with Gasteiger partial charge in [-0.05, 0) is 23.8 Å². The third-order valence-corrected chi connectivity index (χ3v) is 3.90. The zero-order valence-corrected chi connectivity index (χ0v) is 14.4. The number of aromatic nitrogens is 3. The number of H-pyrrole nitrogens is 1. The minimum Gasteiger partial charge on any atom is -0.366 e. The summed E-state index contributed by atoms with van der Waals surface area (Å²) in [7, 11) is 0. The van der Waals surface area contributed by atoms with Gasteiger partial charge in [0.05, 0.1) is 6.61 Å². The molecule has 0 aliphatic carbocycles. The number of hydrogen-bond donors (Lipinski definition) is 2. The second-order valence-electron chi connectivity index (χ2n) is 5.84. The number of aromatic amines is 1. The highest BCUT2D eigenvalue weighted by Crippen LogP contribution is 2.25. The van der Waals surface area contributed by atoms with Gasteiger partial charge in [0.15, 0.2) is 0 Å². The molecule has 0 saturated carbocycles. The fourth-order valence-corrected chi connectivity index (χ4v) is 2.63. The zero-order valence-electron chi connectivity index (χ0n) is 14.4. The van der Waals surface area contributed by atoms with Crippen LogP contribution >= 0.6 is 0 Å². The largest absolute Gasteiger partial charge is 0.522 e. The van der Waals surface area contributed by atoms with Gasteiger partial charge < -0.3 is 15.3 Å². The van der Waals surface area contributed by atoms with Crippen molar-refractivity contribution in [2.45, 2.75) is 12.9 Å². The quantitative estimate of drug-likeness (QED) is 0.629. The number of nitrogens with zero attached hydrogens (tertiary/aromatic N) is 2. The molecular formula is C18H15F3N4O3. The molecule has 0 bridgehead atoms. The summed E-state index contributed by atoms with van der Waals surface area (Å²) < 4.78 is 41.2. The number of halogens is 3. The summed E-state index contributed by atoms with van der Waals surface area (Å²) >= 11 is 0. The molecule has 0 unspecified atom stereocenters. The number of alkyl halides is 3. The van der Waals surface area contributed by atoms with Crippen LogP contribution in [-0.4, -0.2) is 33.4 Å². The summed E-state index contributed by atoms with van der Waals surface area (Å²) in [6.07, 6.45) is 2.68. The Balaban J connectivity index is 1.91. The van der Waals surface area contributed by atoms with Crippen molar-refractivity contribution in [3.63, 3.8) is 0 Å². The lowest BCUT2D eigenvalue weighted by Crippen LogP contribution is -2.24. The van der Waals surface area contributed by atoms with E-state index in [2.05, 4.69) is 14.7 Å². The van der Waals surface area contributed by atoms with E-state index in [1.807, 2.05) is 0 Å². The molecule has 10 heteroatoms. The first-order valence-corrected chi connectivity index (χ1v) is 8.09. The molecule has 0 radical (unpaired) electrons. The topological polar surface area (TPSA) is 103 Å². The molecule has 7 nitrogen and oxygen atoms in total. The third-order valence-electron chi connectivity index (χ3n) is 3.90. The number of nitrogens with two attached hydrogens (primary N) is 1. The third kappa shape index (κ3) is 4.65. The number of nitrogens with one attached hydrogen (secondary N) is 1. The van der Waals surface area contributed by atoms with Crippen molar-refractivity contribution in [2.75, 3.05) is 6.61 Å². The normalized spacial score (nSPS) is 12.1. The van der Waals surface area contributed by atoms with Crippen molar-refractivity contribution < 1.29 is 22.7 Å². The molecule has 0 fully saturated rings. The highest BCUT2D eigenvalue weighted by Gasteiger charge is 2.28. The van der Waals surface area contributed by atoms with Gasteiger partial charge in [0.1, 0.15) is 5.65 Å². The van der Waals surface area contributed by atoms with Crippen LogP contribution < -0.4 is 11.3 Å². The first-order valence-electron chi connectivity index (χ1n) is 8.09. The maximum atomic E-state index is 12.1. The summed E-state index contributed by atoms with van der Waals surface area (Å²) in [4.78, 5) is 30.1. The molecule has 28 heavy (non-hydrogen) atoms. The van der Waals surface area contributed by atoms with E-state index in [9.17, 15) is 22.8 Å². The van der Waals surface area contributed by atoms with E-state index in [1.165, 1.54) is 18.3 Å². The Kier molecular flexibility index (Phi) is 5.32. The van der Waals surface area contributed by atoms with E-state index >= 15 is 0 Å². The second kappa shape index (κ2) is 7.69. The molecule has 3 rings (SSSR count). The first-order chi connectivity index (χ1) is 13.2. The predicted octanol–water partition coefficient (Wildman–Crippen LogP) is 2.43. The fourth-order valence-electron chi connectivity index (χ4n) is 2.63. The molecule has 1 amide bonds. The van der Waals surface area contributed by atoms with Crippen LogP contribution in [0.4, 0.5) is 13.2 Å². The van der Waals surface area contributed by atoms with Crippen molar-refractivity contribution in [1.29, 1.82) is 0 Å². The van der Waals surface area contributed by atoms with Gasteiger partial charge in [0, 0.05) is 53.8 Å². The van der Waals surface area contributed by atoms with E-state index in [-0.39, 0.29) is 6.54 Å². The number of ether oxygens (including phenoxy) is 1. The Morgan fingerprint density at radius 1 is 1.32 bits per heavy atom. The minimum absolute atomic E-state index is 0.251. The van der Waals surface area contributed by atoms with E-state index in [0.29, 0.717) is 27.7 Å². The number of pyridine rings is 2. The highest BCUT2D eigenvalue weighted by atomic mass is 19.4. The summed E-state index contributed by atoms with van der Waals surface area (Å²) in [6.45, 7) is -0.928. The van der Waals surface area contributed by atoms with Crippen molar-refractivity contribution >= 4 is 23.0 Å². The Labute approximate surface area is 156 Å². The molecule has 0 aliphatic rings. The lowest BCUT2D eigenvalue weighted by molar-refractivity contribution is -0.325. The molecule has 3 heterocycles. The van der Waals surface area contributed by atoms with Crippen molar-refractivity contribution in [2.24, 2.45) is 5.73 Å². The molecule has 3 aromatic heterocycles. The number of fused-ring (bicyclic) bond motifs is 1. The summed E-state index contributed by atoms with van der Waals surface area (Å²) in [6, 6.07) is 4.60. The lowest BCUT2D eigenvalue weighted by Gasteiger charge is -2.10. The standard InChI is InChI=1S/C18H15F3N4O3/c19-18(20,21)28-6-5-25-10-12(2-4-16(25)27)13-7-14-11(1-3-15(22)26)8-23-17(14)24-9-13/h1-4,7-10H,5-6H2,(H2,22,26)(H,23,24). The van der Waals surface area contributed by atoms with Crippen LogP contribution in [0, 0.1) is 0 Å². The first kappa shape index (κ1) is 19.4. The molecule has 3 N–H and O–H groups in total. The Hall–Kier alpha value is -3.40. The van der Waals surface area contributed by atoms with Crippen molar-refractivity contribution in [3.05, 3.63) is 58.8 Å². The van der Waals surface area contributed by atoms with Crippen molar-refractivity contribution in [3.8, 4) is 11.1 Å². The number of amides is 1. The van der Waals surface area contributed by atoms with E-state index in [4.69, 9.17) is 5.73 Å². The second-order valence-corrected chi connectivity index (χ2v) is 5.84. The van der Waals surface area contributed by atoms with Crippen LogP contribution in [0.25, 0.3) is 28.2 Å². The smallest absolute Gasteiger partial charge is 0.366 e. The Morgan fingerprint density at radius 3 is 2.82 bits per heavy atom. The monoisotopic (exact) mass is 392 g/mol. The van der Waals surface area contributed by atoms with Gasteiger partial charge in [-0.1, -0.05) is 0 Å². The molecule has 0 aliphatic heterocycles. The number of carbonyl (C=O) groups is 1. The molecule has 146 valence electrons. The molecule has 3 aromatic rings. The van der Waals surface area contributed by atoms with Crippen molar-refractivity contribution in [1.82, 2.24) is 14.5 Å². The SMILES string of the molecule is NC(=O)C=Cc1c[nH]c2ncc(-c3ccc(=O)n(CCOC(F)(F)F)c3)cc12. The molecule has 0 aromatic carbocycles. The lowest BCUT2D eigenvalue weighted by atomic mass is 10.1. The number of rotatable bonds is 6. The Bertz CT molecular complexity index is 1100. The molecule has 0 atom stereocenters.